The molecular formula is C41H42N6O4. The van der Waals surface area contributed by atoms with E-state index in [9.17, 15) is 14.7 Å². The van der Waals surface area contributed by atoms with Crippen molar-refractivity contribution in [2.75, 3.05) is 61.5 Å². The summed E-state index contributed by atoms with van der Waals surface area (Å²) >= 11 is 0. The summed E-state index contributed by atoms with van der Waals surface area (Å²) in [5.74, 6) is -0.326. The van der Waals surface area contributed by atoms with Gasteiger partial charge in [-0.25, -0.2) is 0 Å². The molecule has 2 fully saturated rings. The number of piperidine rings is 1. The number of morpholine rings is 1. The lowest BCUT2D eigenvalue weighted by Crippen LogP contribution is -2.38. The molecule has 2 aliphatic rings. The fourth-order valence-electron chi connectivity index (χ4n) is 7.12. The Morgan fingerprint density at radius 3 is 1.86 bits per heavy atom. The van der Waals surface area contributed by atoms with Gasteiger partial charge in [0.15, 0.2) is 0 Å². The molecule has 51 heavy (non-hydrogen) atoms. The molecule has 2 amide bonds. The minimum Gasteiger partial charge on any atom is -0.393 e. The average molecular weight is 683 g/mol. The smallest absolute Gasteiger partial charge is 0.255 e. The Bertz CT molecular complexity index is 2160. The van der Waals surface area contributed by atoms with E-state index in [2.05, 4.69) is 47.9 Å². The van der Waals surface area contributed by atoms with E-state index in [1.165, 1.54) is 0 Å². The van der Waals surface area contributed by atoms with E-state index >= 15 is 0 Å². The van der Waals surface area contributed by atoms with E-state index in [-0.39, 0.29) is 17.9 Å². The molecule has 2 aliphatic heterocycles. The number of aliphatic hydroxyl groups is 1. The van der Waals surface area contributed by atoms with Crippen LogP contribution in [-0.2, 0) is 11.3 Å². The number of carbonyl (C=O) groups is 2. The van der Waals surface area contributed by atoms with Gasteiger partial charge in [0.1, 0.15) is 0 Å². The molecule has 0 spiro atoms. The zero-order valence-electron chi connectivity index (χ0n) is 28.5. The van der Waals surface area contributed by atoms with Crippen LogP contribution >= 0.6 is 0 Å². The molecule has 6 aromatic rings. The van der Waals surface area contributed by atoms with Crippen molar-refractivity contribution >= 4 is 50.7 Å². The van der Waals surface area contributed by atoms with Gasteiger partial charge < -0.3 is 34.5 Å². The van der Waals surface area contributed by atoms with Crippen LogP contribution in [-0.4, -0.2) is 83.0 Å². The summed E-state index contributed by atoms with van der Waals surface area (Å²) in [5, 5.41) is 18.0. The van der Waals surface area contributed by atoms with Crippen LogP contribution in [0.1, 0.15) is 33.6 Å². The second-order valence-electron chi connectivity index (χ2n) is 13.4. The summed E-state index contributed by atoms with van der Waals surface area (Å²) in [6.45, 7) is 7.09. The molecule has 2 aromatic heterocycles. The molecule has 2 saturated heterocycles. The van der Waals surface area contributed by atoms with Crippen LogP contribution in [0.4, 0.5) is 17.1 Å². The molecule has 0 bridgehead atoms. The Morgan fingerprint density at radius 1 is 0.647 bits per heavy atom. The van der Waals surface area contributed by atoms with E-state index in [0.29, 0.717) is 16.8 Å². The number of anilines is 3. The molecule has 260 valence electrons. The number of aliphatic hydroxyl groups excluding tert-OH is 1. The molecule has 0 aliphatic carbocycles. The maximum atomic E-state index is 13.2. The van der Waals surface area contributed by atoms with E-state index in [0.717, 1.165) is 104 Å². The number of aromatic nitrogens is 2. The SMILES string of the molecule is O=C(Nc1ccc2c(ccn2CCN2CCOCC2)c1)c1ccc(-n2ccc3cc(NC(=O)c4ccc(N5CCC(O)CC5)cc4)ccc32)cc1. The molecule has 4 heterocycles. The Kier molecular flexibility index (Phi) is 9.28. The Balaban J connectivity index is 0.885. The first-order valence-corrected chi connectivity index (χ1v) is 17.7. The lowest BCUT2D eigenvalue weighted by atomic mass is 10.1. The number of hydrogen-bond donors (Lipinski definition) is 3. The quantitative estimate of drug-likeness (QED) is 0.164. The molecule has 0 saturated carbocycles. The van der Waals surface area contributed by atoms with Gasteiger partial charge in [-0.1, -0.05) is 0 Å². The number of benzene rings is 4. The molecular weight excluding hydrogens is 640 g/mol. The van der Waals surface area contributed by atoms with Crippen molar-refractivity contribution < 1.29 is 19.4 Å². The van der Waals surface area contributed by atoms with Crippen molar-refractivity contribution in [2.45, 2.75) is 25.5 Å². The summed E-state index contributed by atoms with van der Waals surface area (Å²) in [6.07, 6.45) is 5.41. The fraction of sp³-hybridized carbons (Fsp3) is 0.268. The monoisotopic (exact) mass is 682 g/mol. The van der Waals surface area contributed by atoms with Gasteiger partial charge in [0.25, 0.3) is 11.8 Å². The molecule has 0 unspecified atom stereocenters. The predicted molar refractivity (Wildman–Crippen MR) is 202 cm³/mol. The number of rotatable bonds is 9. The molecule has 4 aromatic carbocycles. The maximum absolute atomic E-state index is 13.2. The predicted octanol–water partition coefficient (Wildman–Crippen LogP) is 6.38. The van der Waals surface area contributed by atoms with Gasteiger partial charge in [-0.15, -0.1) is 0 Å². The summed E-state index contributed by atoms with van der Waals surface area (Å²) in [5.41, 5.74) is 6.78. The van der Waals surface area contributed by atoms with Crippen LogP contribution in [0.25, 0.3) is 27.5 Å². The number of carbonyl (C=O) groups excluding carboxylic acids is 2. The highest BCUT2D eigenvalue weighted by Gasteiger charge is 2.18. The zero-order chi connectivity index (χ0) is 34.7. The van der Waals surface area contributed by atoms with Gasteiger partial charge >= 0.3 is 0 Å². The highest BCUT2D eigenvalue weighted by atomic mass is 16.5. The van der Waals surface area contributed by atoms with Crippen LogP contribution in [0.15, 0.2) is 109 Å². The van der Waals surface area contributed by atoms with Gasteiger partial charge in [-0.3, -0.25) is 14.5 Å². The normalized spacial score (nSPS) is 15.7. The van der Waals surface area contributed by atoms with E-state index in [1.807, 2.05) is 91.1 Å². The van der Waals surface area contributed by atoms with Crippen LogP contribution < -0.4 is 15.5 Å². The van der Waals surface area contributed by atoms with Gasteiger partial charge in [0.2, 0.25) is 0 Å². The minimum absolute atomic E-state index is 0.161. The van der Waals surface area contributed by atoms with E-state index in [1.54, 1.807) is 0 Å². The van der Waals surface area contributed by atoms with Crippen LogP contribution in [0.2, 0.25) is 0 Å². The number of nitrogens with zero attached hydrogens (tertiary/aromatic N) is 4. The topological polar surface area (TPSA) is 104 Å². The number of fused-ring (bicyclic) bond motifs is 2. The Hall–Kier alpha value is -5.42. The standard InChI is InChI=1S/C41H42N6O4/c48-37-15-18-45(19-16-37)35-7-1-29(2-8-35)40(49)43-34-6-12-39-32(28-34)14-20-47(39)36-9-3-30(4-10-36)41(50)42-33-5-11-38-31(27-33)13-17-46(38)22-21-44-23-25-51-26-24-44/h1-14,17,20,27-28,37,48H,15-16,18-19,21-26H2,(H,42,50)(H,43,49). The van der Waals surface area contributed by atoms with Crippen molar-refractivity contribution in [3.8, 4) is 5.69 Å². The van der Waals surface area contributed by atoms with Gasteiger partial charge in [-0.05, 0) is 110 Å². The first-order chi connectivity index (χ1) is 25.0. The van der Waals surface area contributed by atoms with Gasteiger partial charge in [0, 0.05) is 102 Å². The van der Waals surface area contributed by atoms with Crippen LogP contribution in [0.5, 0.6) is 0 Å². The molecule has 0 atom stereocenters. The maximum Gasteiger partial charge on any atom is 0.255 e. The van der Waals surface area contributed by atoms with Crippen LogP contribution in [0, 0.1) is 0 Å². The Labute approximate surface area is 296 Å². The fourth-order valence-corrected chi connectivity index (χ4v) is 7.12. The van der Waals surface area contributed by atoms with Gasteiger partial charge in [0.05, 0.1) is 24.8 Å². The summed E-state index contributed by atoms with van der Waals surface area (Å²) in [4.78, 5) is 30.9. The third-order valence-corrected chi connectivity index (χ3v) is 10.1. The van der Waals surface area contributed by atoms with Crippen molar-refractivity contribution in [2.24, 2.45) is 0 Å². The molecule has 0 radical (unpaired) electrons. The second kappa shape index (κ2) is 14.4. The van der Waals surface area contributed by atoms with Crippen molar-refractivity contribution in [1.29, 1.82) is 0 Å². The number of nitrogens with one attached hydrogen (secondary N) is 2. The zero-order valence-corrected chi connectivity index (χ0v) is 28.5. The average Bonchev–Trinajstić information content (AvgIpc) is 3.78. The molecule has 3 N–H and O–H groups in total. The molecule has 10 heteroatoms. The lowest BCUT2D eigenvalue weighted by molar-refractivity contribution is 0.0365. The number of amides is 2. The minimum atomic E-state index is -0.219. The van der Waals surface area contributed by atoms with Gasteiger partial charge in [-0.2, -0.15) is 0 Å². The lowest BCUT2D eigenvalue weighted by Gasteiger charge is -2.31. The number of hydrogen-bond acceptors (Lipinski definition) is 6. The largest absolute Gasteiger partial charge is 0.393 e. The van der Waals surface area contributed by atoms with E-state index < -0.39 is 0 Å². The molecule has 10 nitrogen and oxygen atoms in total. The first kappa shape index (κ1) is 32.8. The summed E-state index contributed by atoms with van der Waals surface area (Å²) in [6, 6.07) is 31.2. The highest BCUT2D eigenvalue weighted by Crippen LogP contribution is 2.26. The van der Waals surface area contributed by atoms with Crippen molar-refractivity contribution in [1.82, 2.24) is 14.0 Å². The van der Waals surface area contributed by atoms with Crippen LogP contribution in [0.3, 0.4) is 0 Å². The third kappa shape index (κ3) is 7.25. The third-order valence-electron chi connectivity index (χ3n) is 10.1. The first-order valence-electron chi connectivity index (χ1n) is 17.7. The highest BCUT2D eigenvalue weighted by molar-refractivity contribution is 6.06. The van der Waals surface area contributed by atoms with E-state index in [4.69, 9.17) is 4.74 Å². The number of ether oxygens (including phenoxy) is 1. The summed E-state index contributed by atoms with van der Waals surface area (Å²) in [7, 11) is 0. The van der Waals surface area contributed by atoms with Crippen molar-refractivity contribution in [3.63, 3.8) is 0 Å². The van der Waals surface area contributed by atoms with Crippen molar-refractivity contribution in [3.05, 3.63) is 121 Å². The summed E-state index contributed by atoms with van der Waals surface area (Å²) < 4.78 is 9.80. The Morgan fingerprint density at radius 2 is 1.22 bits per heavy atom. The molecule has 8 rings (SSSR count). The second-order valence-corrected chi connectivity index (χ2v) is 13.4.